The Bertz CT molecular complexity index is 445. The van der Waals surface area contributed by atoms with Crippen LogP contribution in [-0.4, -0.2) is 24.7 Å². The molecule has 3 N–H and O–H groups in total. The number of amides is 1. The second kappa shape index (κ2) is 4.82. The maximum Gasteiger partial charge on any atom is 0.246 e. The number of hydrogen-bond donors (Lipinski definition) is 2. The van der Waals surface area contributed by atoms with Crippen molar-refractivity contribution < 1.29 is 9.53 Å². The summed E-state index contributed by atoms with van der Waals surface area (Å²) >= 11 is 11.7. The summed E-state index contributed by atoms with van der Waals surface area (Å²) in [6.07, 6.45) is 0.504. The van der Waals surface area contributed by atoms with Gasteiger partial charge in [-0.2, -0.15) is 0 Å². The lowest BCUT2D eigenvalue weighted by Gasteiger charge is -2.21. The SMILES string of the molecule is NC1(C(=O)Nc2ccc(Cl)cc2Cl)CCOC1. The molecule has 92 valence electrons. The topological polar surface area (TPSA) is 64.4 Å². The van der Waals surface area contributed by atoms with Crippen LogP contribution in [0.2, 0.25) is 10.0 Å². The summed E-state index contributed by atoms with van der Waals surface area (Å²) in [6.45, 7) is 0.725. The molecule has 1 aromatic carbocycles. The molecule has 0 saturated carbocycles. The molecule has 1 aliphatic heterocycles. The number of anilines is 1. The van der Waals surface area contributed by atoms with Gasteiger partial charge < -0.3 is 15.8 Å². The third-order valence-electron chi connectivity index (χ3n) is 2.68. The van der Waals surface area contributed by atoms with Crippen LogP contribution >= 0.6 is 23.2 Å². The first kappa shape index (κ1) is 12.6. The minimum atomic E-state index is -0.969. The highest BCUT2D eigenvalue weighted by Gasteiger charge is 2.38. The van der Waals surface area contributed by atoms with Crippen LogP contribution in [0.1, 0.15) is 6.42 Å². The van der Waals surface area contributed by atoms with Crippen molar-refractivity contribution in [3.05, 3.63) is 28.2 Å². The number of nitrogens with one attached hydrogen (secondary N) is 1. The van der Waals surface area contributed by atoms with Crippen molar-refractivity contribution >= 4 is 34.8 Å². The summed E-state index contributed by atoms with van der Waals surface area (Å²) in [5.74, 6) is -0.292. The molecule has 1 unspecified atom stereocenters. The fourth-order valence-electron chi connectivity index (χ4n) is 1.60. The number of carbonyl (C=O) groups is 1. The Labute approximate surface area is 109 Å². The smallest absolute Gasteiger partial charge is 0.246 e. The lowest BCUT2D eigenvalue weighted by Crippen LogP contribution is -2.51. The first-order valence-electron chi connectivity index (χ1n) is 5.14. The van der Waals surface area contributed by atoms with Crippen molar-refractivity contribution in [3.63, 3.8) is 0 Å². The lowest BCUT2D eigenvalue weighted by molar-refractivity contribution is -0.121. The third kappa shape index (κ3) is 2.72. The van der Waals surface area contributed by atoms with E-state index in [1.807, 2.05) is 0 Å². The van der Waals surface area contributed by atoms with Crippen LogP contribution in [0, 0.1) is 0 Å². The van der Waals surface area contributed by atoms with Gasteiger partial charge >= 0.3 is 0 Å². The van der Waals surface area contributed by atoms with Gasteiger partial charge in [-0.15, -0.1) is 0 Å². The number of carbonyl (C=O) groups excluding carboxylic acids is 1. The van der Waals surface area contributed by atoms with Gasteiger partial charge in [0.2, 0.25) is 5.91 Å². The molecule has 4 nitrogen and oxygen atoms in total. The van der Waals surface area contributed by atoms with Gasteiger partial charge in [-0.1, -0.05) is 23.2 Å². The third-order valence-corrected chi connectivity index (χ3v) is 3.23. The molecule has 0 spiro atoms. The van der Waals surface area contributed by atoms with E-state index in [2.05, 4.69) is 5.32 Å². The average molecular weight is 275 g/mol. The van der Waals surface area contributed by atoms with Crippen LogP contribution in [0.4, 0.5) is 5.69 Å². The van der Waals surface area contributed by atoms with E-state index < -0.39 is 5.54 Å². The van der Waals surface area contributed by atoms with Crippen LogP contribution in [-0.2, 0) is 9.53 Å². The van der Waals surface area contributed by atoms with Crippen molar-refractivity contribution in [2.45, 2.75) is 12.0 Å². The van der Waals surface area contributed by atoms with Gasteiger partial charge in [-0.25, -0.2) is 0 Å². The maximum atomic E-state index is 12.0. The van der Waals surface area contributed by atoms with E-state index >= 15 is 0 Å². The number of ether oxygens (including phenoxy) is 1. The van der Waals surface area contributed by atoms with E-state index in [-0.39, 0.29) is 12.5 Å². The Morgan fingerprint density at radius 3 is 2.82 bits per heavy atom. The summed E-state index contributed by atoms with van der Waals surface area (Å²) in [5.41, 5.74) is 5.45. The van der Waals surface area contributed by atoms with E-state index in [1.54, 1.807) is 18.2 Å². The number of nitrogens with two attached hydrogens (primary N) is 1. The molecular formula is C11H12Cl2N2O2. The van der Waals surface area contributed by atoms with Gasteiger partial charge in [0.05, 0.1) is 17.3 Å². The Hall–Kier alpha value is -0.810. The first-order valence-corrected chi connectivity index (χ1v) is 5.90. The largest absolute Gasteiger partial charge is 0.379 e. The van der Waals surface area contributed by atoms with Gasteiger partial charge in [0.25, 0.3) is 0 Å². The minimum absolute atomic E-state index is 0.226. The zero-order valence-corrected chi connectivity index (χ0v) is 10.5. The Balaban J connectivity index is 2.13. The van der Waals surface area contributed by atoms with E-state index in [4.69, 9.17) is 33.7 Å². The molecular weight excluding hydrogens is 263 g/mol. The number of hydrogen-bond acceptors (Lipinski definition) is 3. The van der Waals surface area contributed by atoms with Crippen molar-refractivity contribution in [2.24, 2.45) is 5.73 Å². The molecule has 1 atom stereocenters. The van der Waals surface area contributed by atoms with Crippen LogP contribution in [0.5, 0.6) is 0 Å². The van der Waals surface area contributed by atoms with Crippen LogP contribution < -0.4 is 11.1 Å². The number of halogens is 2. The molecule has 17 heavy (non-hydrogen) atoms. The highest BCUT2D eigenvalue weighted by atomic mass is 35.5. The Morgan fingerprint density at radius 2 is 2.24 bits per heavy atom. The predicted octanol–water partition coefficient (Wildman–Crippen LogP) is 2.05. The standard InChI is InChI=1S/C11H12Cl2N2O2/c12-7-1-2-9(8(13)5-7)15-10(16)11(14)3-4-17-6-11/h1-2,5H,3-4,6,14H2,(H,15,16). The zero-order valence-electron chi connectivity index (χ0n) is 9.00. The van der Waals surface area contributed by atoms with Gasteiger partial charge in [0.15, 0.2) is 0 Å². The minimum Gasteiger partial charge on any atom is -0.379 e. The fraction of sp³-hybridized carbons (Fsp3) is 0.364. The highest BCUT2D eigenvalue weighted by molar-refractivity contribution is 6.36. The molecule has 2 rings (SSSR count). The molecule has 6 heteroatoms. The molecule has 1 saturated heterocycles. The molecule has 1 aromatic rings. The second-order valence-electron chi connectivity index (χ2n) is 4.04. The van der Waals surface area contributed by atoms with Crippen molar-refractivity contribution in [1.29, 1.82) is 0 Å². The summed E-state index contributed by atoms with van der Waals surface area (Å²) < 4.78 is 5.13. The summed E-state index contributed by atoms with van der Waals surface area (Å²) in [4.78, 5) is 12.0. The molecule has 0 bridgehead atoms. The van der Waals surface area contributed by atoms with Crippen molar-refractivity contribution in [3.8, 4) is 0 Å². The van der Waals surface area contributed by atoms with Gasteiger partial charge in [-0.05, 0) is 24.6 Å². The van der Waals surface area contributed by atoms with E-state index in [9.17, 15) is 4.79 Å². The Kier molecular flexibility index (Phi) is 3.58. The molecule has 0 radical (unpaired) electrons. The molecule has 0 aliphatic carbocycles. The Morgan fingerprint density at radius 1 is 1.47 bits per heavy atom. The van der Waals surface area contributed by atoms with Crippen LogP contribution in [0.3, 0.4) is 0 Å². The quantitative estimate of drug-likeness (QED) is 0.868. The normalized spacial score (nSPS) is 23.7. The monoisotopic (exact) mass is 274 g/mol. The molecule has 1 amide bonds. The van der Waals surface area contributed by atoms with E-state index in [1.165, 1.54) is 0 Å². The second-order valence-corrected chi connectivity index (χ2v) is 4.88. The van der Waals surface area contributed by atoms with E-state index in [0.717, 1.165) is 0 Å². The van der Waals surface area contributed by atoms with Crippen molar-refractivity contribution in [1.82, 2.24) is 0 Å². The van der Waals surface area contributed by atoms with E-state index in [0.29, 0.717) is 28.8 Å². The summed E-state index contributed by atoms with van der Waals surface area (Å²) in [5, 5.41) is 3.58. The summed E-state index contributed by atoms with van der Waals surface area (Å²) in [6, 6.07) is 4.85. The van der Waals surface area contributed by atoms with Gasteiger partial charge in [-0.3, -0.25) is 4.79 Å². The van der Waals surface area contributed by atoms with Crippen LogP contribution in [0.25, 0.3) is 0 Å². The summed E-state index contributed by atoms with van der Waals surface area (Å²) in [7, 11) is 0. The average Bonchev–Trinajstić information content (AvgIpc) is 2.71. The predicted molar refractivity (Wildman–Crippen MR) is 67.4 cm³/mol. The molecule has 1 fully saturated rings. The highest BCUT2D eigenvalue weighted by Crippen LogP contribution is 2.27. The fourth-order valence-corrected chi connectivity index (χ4v) is 2.05. The number of benzene rings is 1. The maximum absolute atomic E-state index is 12.0. The molecule has 0 aromatic heterocycles. The van der Waals surface area contributed by atoms with Gasteiger partial charge in [0, 0.05) is 11.6 Å². The van der Waals surface area contributed by atoms with Crippen LogP contribution in [0.15, 0.2) is 18.2 Å². The zero-order chi connectivity index (χ0) is 12.5. The lowest BCUT2D eigenvalue weighted by atomic mass is 9.99. The number of rotatable bonds is 2. The first-order chi connectivity index (χ1) is 8.01. The molecule has 1 aliphatic rings. The van der Waals surface area contributed by atoms with Crippen molar-refractivity contribution in [2.75, 3.05) is 18.5 Å². The van der Waals surface area contributed by atoms with Gasteiger partial charge in [0.1, 0.15) is 5.54 Å². The molecule has 1 heterocycles.